The van der Waals surface area contributed by atoms with Crippen molar-refractivity contribution in [3.8, 4) is 11.4 Å². The highest BCUT2D eigenvalue weighted by Crippen LogP contribution is 2.32. The summed E-state index contributed by atoms with van der Waals surface area (Å²) in [6, 6.07) is 15.7. The third-order valence-electron chi connectivity index (χ3n) is 4.51. The van der Waals surface area contributed by atoms with E-state index in [1.165, 1.54) is 5.56 Å². The Morgan fingerprint density at radius 3 is 2.58 bits per heavy atom. The van der Waals surface area contributed by atoms with Crippen LogP contribution in [0.4, 0.5) is 0 Å². The molecule has 132 valence electrons. The van der Waals surface area contributed by atoms with Crippen molar-refractivity contribution in [2.24, 2.45) is 0 Å². The van der Waals surface area contributed by atoms with E-state index in [-0.39, 0.29) is 0 Å². The second kappa shape index (κ2) is 7.53. The number of hydrogen-bond donors (Lipinski definition) is 0. The van der Waals surface area contributed by atoms with Crippen molar-refractivity contribution >= 4 is 34.8 Å². The molecule has 0 amide bonds. The molecule has 3 aromatic rings. The Balaban J connectivity index is 1.62. The first-order valence-corrected chi connectivity index (χ1v) is 9.50. The van der Waals surface area contributed by atoms with Crippen LogP contribution in [-0.2, 0) is 19.5 Å². The van der Waals surface area contributed by atoms with Crippen LogP contribution in [0.3, 0.4) is 0 Å². The molecule has 0 bridgehead atoms. The molecule has 0 fully saturated rings. The molecule has 4 rings (SSSR count). The van der Waals surface area contributed by atoms with E-state index < -0.39 is 0 Å². The van der Waals surface area contributed by atoms with E-state index in [0.717, 1.165) is 37.3 Å². The third kappa shape index (κ3) is 3.72. The number of halogens is 3. The van der Waals surface area contributed by atoms with Crippen LogP contribution < -0.4 is 0 Å². The highest BCUT2D eigenvalue weighted by atomic mass is 35.5. The van der Waals surface area contributed by atoms with Crippen LogP contribution in [0, 0.1) is 0 Å². The van der Waals surface area contributed by atoms with Crippen LogP contribution in [0.25, 0.3) is 11.4 Å². The minimum atomic E-state index is 0.485. The molecule has 2 heterocycles. The van der Waals surface area contributed by atoms with Crippen molar-refractivity contribution in [2.45, 2.75) is 19.5 Å². The topological polar surface area (TPSA) is 29.0 Å². The van der Waals surface area contributed by atoms with Gasteiger partial charge in [-0.3, -0.25) is 4.90 Å². The summed E-state index contributed by atoms with van der Waals surface area (Å²) in [7, 11) is 0. The number of aromatic nitrogens is 2. The molecule has 2 aromatic carbocycles. The first kappa shape index (κ1) is 17.7. The van der Waals surface area contributed by atoms with Gasteiger partial charge in [-0.05, 0) is 23.8 Å². The average molecular weight is 405 g/mol. The van der Waals surface area contributed by atoms with Gasteiger partial charge in [0.05, 0.1) is 10.7 Å². The molecule has 0 spiro atoms. The van der Waals surface area contributed by atoms with Crippen LogP contribution >= 0.6 is 34.8 Å². The van der Waals surface area contributed by atoms with Crippen LogP contribution in [0.1, 0.15) is 16.8 Å². The zero-order chi connectivity index (χ0) is 18.1. The molecule has 1 aliphatic heterocycles. The van der Waals surface area contributed by atoms with Gasteiger partial charge in [-0.25, -0.2) is 9.97 Å². The normalized spacial score (nSPS) is 14.3. The molecule has 0 saturated carbocycles. The molecule has 1 aromatic heterocycles. The van der Waals surface area contributed by atoms with Crippen molar-refractivity contribution in [1.82, 2.24) is 14.9 Å². The zero-order valence-electron chi connectivity index (χ0n) is 13.9. The Morgan fingerprint density at radius 1 is 0.962 bits per heavy atom. The van der Waals surface area contributed by atoms with Gasteiger partial charge < -0.3 is 0 Å². The van der Waals surface area contributed by atoms with Crippen molar-refractivity contribution in [2.75, 3.05) is 6.54 Å². The van der Waals surface area contributed by atoms with Gasteiger partial charge in [0, 0.05) is 42.2 Å². The maximum absolute atomic E-state index is 6.50. The fraction of sp³-hybridized carbons (Fsp3) is 0.200. The summed E-state index contributed by atoms with van der Waals surface area (Å²) in [6.07, 6.45) is 0.829. The van der Waals surface area contributed by atoms with Crippen LogP contribution in [0.15, 0.2) is 48.5 Å². The lowest BCUT2D eigenvalue weighted by molar-refractivity contribution is 0.243. The van der Waals surface area contributed by atoms with Gasteiger partial charge in [-0.15, -0.1) is 0 Å². The quantitative estimate of drug-likeness (QED) is 0.527. The molecule has 0 atom stereocenters. The summed E-state index contributed by atoms with van der Waals surface area (Å²) < 4.78 is 0. The predicted molar refractivity (Wildman–Crippen MR) is 107 cm³/mol. The number of nitrogens with zero attached hydrogens (tertiary/aromatic N) is 3. The molecule has 0 radical (unpaired) electrons. The van der Waals surface area contributed by atoms with Crippen molar-refractivity contribution in [1.29, 1.82) is 0 Å². The maximum atomic E-state index is 6.50. The summed E-state index contributed by atoms with van der Waals surface area (Å²) in [5.74, 6) is 0.526. The number of hydrogen-bond acceptors (Lipinski definition) is 3. The second-order valence-electron chi connectivity index (χ2n) is 6.33. The molecule has 1 aliphatic rings. The minimum Gasteiger partial charge on any atom is -0.294 e. The lowest BCUT2D eigenvalue weighted by atomic mass is 10.1. The lowest BCUT2D eigenvalue weighted by Gasteiger charge is -2.28. The summed E-state index contributed by atoms with van der Waals surface area (Å²) in [6.45, 7) is 2.56. The Bertz CT molecular complexity index is 945. The molecular weight excluding hydrogens is 389 g/mol. The fourth-order valence-electron chi connectivity index (χ4n) is 3.20. The Labute approximate surface area is 167 Å². The fourth-order valence-corrected chi connectivity index (χ4v) is 3.82. The predicted octanol–water partition coefficient (Wildman–Crippen LogP) is 5.66. The van der Waals surface area contributed by atoms with E-state index >= 15 is 0 Å². The lowest BCUT2D eigenvalue weighted by Crippen LogP contribution is -2.31. The van der Waals surface area contributed by atoms with E-state index in [2.05, 4.69) is 34.1 Å². The molecule has 0 aliphatic carbocycles. The largest absolute Gasteiger partial charge is 0.294 e. The van der Waals surface area contributed by atoms with Gasteiger partial charge in [0.2, 0.25) is 0 Å². The first-order chi connectivity index (χ1) is 12.6. The van der Waals surface area contributed by atoms with E-state index in [9.17, 15) is 0 Å². The summed E-state index contributed by atoms with van der Waals surface area (Å²) >= 11 is 18.9. The van der Waals surface area contributed by atoms with Gasteiger partial charge in [-0.2, -0.15) is 0 Å². The number of benzene rings is 2. The molecule has 0 saturated heterocycles. The molecule has 6 heteroatoms. The van der Waals surface area contributed by atoms with Gasteiger partial charge in [-0.1, -0.05) is 65.1 Å². The summed E-state index contributed by atoms with van der Waals surface area (Å²) in [4.78, 5) is 11.6. The van der Waals surface area contributed by atoms with Crippen molar-refractivity contribution < 1.29 is 0 Å². The van der Waals surface area contributed by atoms with Crippen LogP contribution in [0.5, 0.6) is 0 Å². The number of fused-ring (bicyclic) bond motifs is 1. The second-order valence-corrected chi connectivity index (χ2v) is 7.54. The first-order valence-electron chi connectivity index (χ1n) is 8.37. The number of rotatable bonds is 3. The third-order valence-corrected chi connectivity index (χ3v) is 5.38. The molecule has 3 nitrogen and oxygen atoms in total. The van der Waals surface area contributed by atoms with Crippen LogP contribution in [-0.4, -0.2) is 21.4 Å². The zero-order valence-corrected chi connectivity index (χ0v) is 16.2. The highest BCUT2D eigenvalue weighted by Gasteiger charge is 2.23. The molecular formula is C20H16Cl3N3. The Morgan fingerprint density at radius 2 is 1.77 bits per heavy atom. The minimum absolute atomic E-state index is 0.485. The Kier molecular flexibility index (Phi) is 5.14. The molecule has 0 N–H and O–H groups in total. The van der Waals surface area contributed by atoms with Crippen LogP contribution in [0.2, 0.25) is 15.2 Å². The maximum Gasteiger partial charge on any atom is 0.162 e. The van der Waals surface area contributed by atoms with Crippen molar-refractivity contribution in [3.05, 3.63) is 80.6 Å². The molecule has 0 unspecified atom stereocenters. The monoisotopic (exact) mass is 403 g/mol. The highest BCUT2D eigenvalue weighted by molar-refractivity contribution is 6.35. The standard InChI is InChI=1S/C20H16Cl3N3/c21-14-6-7-17(22)15(10-14)20-24-18-8-9-26(12-16(18)19(23)25-20)11-13-4-2-1-3-5-13/h1-7,10H,8-9,11-12H2. The van der Waals surface area contributed by atoms with E-state index in [1.807, 2.05) is 6.07 Å². The van der Waals surface area contributed by atoms with Gasteiger partial charge in [0.15, 0.2) is 5.82 Å². The van der Waals surface area contributed by atoms with E-state index in [0.29, 0.717) is 26.6 Å². The van der Waals surface area contributed by atoms with E-state index in [1.54, 1.807) is 18.2 Å². The SMILES string of the molecule is Clc1ccc(Cl)c(-c2nc(Cl)c3c(n2)CCN(Cc2ccccc2)C3)c1. The molecule has 26 heavy (non-hydrogen) atoms. The smallest absolute Gasteiger partial charge is 0.162 e. The van der Waals surface area contributed by atoms with Gasteiger partial charge in [0.25, 0.3) is 0 Å². The Hall–Kier alpha value is -1.65. The van der Waals surface area contributed by atoms with E-state index in [4.69, 9.17) is 39.8 Å². The van der Waals surface area contributed by atoms with Gasteiger partial charge >= 0.3 is 0 Å². The van der Waals surface area contributed by atoms with Crippen molar-refractivity contribution in [3.63, 3.8) is 0 Å². The summed E-state index contributed by atoms with van der Waals surface area (Å²) in [5.41, 5.74) is 3.97. The average Bonchev–Trinajstić information content (AvgIpc) is 2.65. The summed E-state index contributed by atoms with van der Waals surface area (Å²) in [5, 5.41) is 1.64. The van der Waals surface area contributed by atoms with Gasteiger partial charge in [0.1, 0.15) is 5.15 Å².